The van der Waals surface area contributed by atoms with Gasteiger partial charge in [0.15, 0.2) is 0 Å². The van der Waals surface area contributed by atoms with Crippen LogP contribution in [-0.4, -0.2) is 11.9 Å². The molecule has 0 saturated carbocycles. The lowest BCUT2D eigenvalue weighted by molar-refractivity contribution is -0.134. The van der Waals surface area contributed by atoms with Gasteiger partial charge >= 0.3 is 11.9 Å². The largest absolute Gasteiger partial charge is 0.456 e. The summed E-state index contributed by atoms with van der Waals surface area (Å²) in [4.78, 5) is 35.4. The van der Waals surface area contributed by atoms with Crippen molar-refractivity contribution in [2.45, 2.75) is 26.7 Å². The van der Waals surface area contributed by atoms with E-state index in [1.54, 1.807) is 38.1 Å². The van der Waals surface area contributed by atoms with Crippen LogP contribution in [0.25, 0.3) is 21.9 Å². The molecule has 6 heteroatoms. The molecule has 0 unspecified atom stereocenters. The Morgan fingerprint density at radius 2 is 1.28 bits per heavy atom. The van der Waals surface area contributed by atoms with Gasteiger partial charge in [-0.25, -0.2) is 0 Å². The molecule has 128 valence electrons. The van der Waals surface area contributed by atoms with Gasteiger partial charge in [-0.1, -0.05) is 13.8 Å². The SMILES string of the molecule is CCC(=O)Oc1ccc2c(=O)c3ccc(OC(=O)CC)cc3oc2c1. The Morgan fingerprint density at radius 1 is 0.840 bits per heavy atom. The summed E-state index contributed by atoms with van der Waals surface area (Å²) >= 11 is 0. The fourth-order valence-corrected chi connectivity index (χ4v) is 2.35. The van der Waals surface area contributed by atoms with Crippen molar-refractivity contribution in [2.75, 3.05) is 0 Å². The molecule has 2 aromatic carbocycles. The molecule has 0 aliphatic rings. The van der Waals surface area contributed by atoms with Gasteiger partial charge < -0.3 is 13.9 Å². The third kappa shape index (κ3) is 3.38. The van der Waals surface area contributed by atoms with Crippen LogP contribution in [0.1, 0.15) is 26.7 Å². The number of esters is 2. The van der Waals surface area contributed by atoms with Crippen LogP contribution >= 0.6 is 0 Å². The third-order valence-corrected chi connectivity index (χ3v) is 3.66. The molecule has 0 aliphatic heterocycles. The Morgan fingerprint density at radius 3 is 1.68 bits per heavy atom. The van der Waals surface area contributed by atoms with E-state index in [-0.39, 0.29) is 41.4 Å². The van der Waals surface area contributed by atoms with Crippen LogP contribution in [0.2, 0.25) is 0 Å². The van der Waals surface area contributed by atoms with Crippen molar-refractivity contribution in [3.8, 4) is 11.5 Å². The lowest BCUT2D eigenvalue weighted by Crippen LogP contribution is -2.07. The van der Waals surface area contributed by atoms with Crippen LogP contribution < -0.4 is 14.9 Å². The van der Waals surface area contributed by atoms with E-state index in [2.05, 4.69) is 0 Å². The monoisotopic (exact) mass is 340 g/mol. The van der Waals surface area contributed by atoms with Gasteiger partial charge in [-0.2, -0.15) is 0 Å². The van der Waals surface area contributed by atoms with Gasteiger partial charge in [-0.3, -0.25) is 14.4 Å². The van der Waals surface area contributed by atoms with Crippen LogP contribution in [0.4, 0.5) is 0 Å². The molecule has 0 bridgehead atoms. The maximum Gasteiger partial charge on any atom is 0.310 e. The molecule has 0 aliphatic carbocycles. The number of hydrogen-bond donors (Lipinski definition) is 0. The van der Waals surface area contributed by atoms with Crippen molar-refractivity contribution >= 4 is 33.9 Å². The highest BCUT2D eigenvalue weighted by atomic mass is 16.5. The van der Waals surface area contributed by atoms with Gasteiger partial charge in [-0.15, -0.1) is 0 Å². The van der Waals surface area contributed by atoms with Crippen LogP contribution in [0.5, 0.6) is 11.5 Å². The molecule has 0 saturated heterocycles. The average molecular weight is 340 g/mol. The van der Waals surface area contributed by atoms with Gasteiger partial charge in [0, 0.05) is 25.0 Å². The zero-order valence-corrected chi connectivity index (χ0v) is 13.8. The minimum Gasteiger partial charge on any atom is -0.456 e. The highest BCUT2D eigenvalue weighted by molar-refractivity contribution is 5.91. The standard InChI is InChI=1S/C19H16O6/c1-3-17(20)23-11-5-7-13-15(9-11)25-16-10-12(24-18(21)4-2)6-8-14(16)19(13)22/h5-10H,3-4H2,1-2H3. The first-order chi connectivity index (χ1) is 12.0. The van der Waals surface area contributed by atoms with E-state index in [0.717, 1.165) is 0 Å². The van der Waals surface area contributed by atoms with E-state index in [1.807, 2.05) is 0 Å². The Balaban J connectivity index is 2.11. The normalized spacial score (nSPS) is 10.8. The summed E-state index contributed by atoms with van der Waals surface area (Å²) in [5.41, 5.74) is 0.369. The minimum absolute atomic E-state index is 0.210. The van der Waals surface area contributed by atoms with Gasteiger partial charge in [0.05, 0.1) is 10.8 Å². The van der Waals surface area contributed by atoms with E-state index in [1.165, 1.54) is 12.1 Å². The summed E-state index contributed by atoms with van der Waals surface area (Å²) in [5.74, 6) is -0.154. The fourth-order valence-electron chi connectivity index (χ4n) is 2.35. The van der Waals surface area contributed by atoms with Crippen molar-refractivity contribution in [2.24, 2.45) is 0 Å². The quantitative estimate of drug-likeness (QED) is 0.410. The molecule has 6 nitrogen and oxygen atoms in total. The van der Waals surface area contributed by atoms with E-state index in [9.17, 15) is 14.4 Å². The third-order valence-electron chi connectivity index (χ3n) is 3.66. The number of fused-ring (bicyclic) bond motifs is 2. The molecule has 0 N–H and O–H groups in total. The molecule has 1 aromatic heterocycles. The number of ether oxygens (including phenoxy) is 2. The molecule has 0 atom stereocenters. The van der Waals surface area contributed by atoms with E-state index < -0.39 is 0 Å². The average Bonchev–Trinajstić information content (AvgIpc) is 2.61. The molecular formula is C19H16O6. The Labute approximate surface area is 143 Å². The maximum atomic E-state index is 12.6. The zero-order chi connectivity index (χ0) is 18.0. The number of carbonyl (C=O) groups is 2. The van der Waals surface area contributed by atoms with Crippen LogP contribution in [-0.2, 0) is 9.59 Å². The zero-order valence-electron chi connectivity index (χ0n) is 13.8. The molecule has 3 aromatic rings. The van der Waals surface area contributed by atoms with E-state index in [0.29, 0.717) is 22.3 Å². The first-order valence-corrected chi connectivity index (χ1v) is 7.93. The summed E-state index contributed by atoms with van der Waals surface area (Å²) in [6, 6.07) is 9.21. The summed E-state index contributed by atoms with van der Waals surface area (Å²) in [6.45, 7) is 3.38. The predicted octanol–water partition coefficient (Wildman–Crippen LogP) is 3.58. The first kappa shape index (κ1) is 16.7. The Bertz CT molecular complexity index is 952. The van der Waals surface area contributed by atoms with Gasteiger partial charge in [0.25, 0.3) is 0 Å². The van der Waals surface area contributed by atoms with Gasteiger partial charge in [-0.05, 0) is 24.3 Å². The summed E-state index contributed by atoms with van der Waals surface area (Å²) < 4.78 is 16.0. The van der Waals surface area contributed by atoms with Crippen molar-refractivity contribution < 1.29 is 23.5 Å². The van der Waals surface area contributed by atoms with Crippen LogP contribution in [0.3, 0.4) is 0 Å². The lowest BCUT2D eigenvalue weighted by Gasteiger charge is -2.07. The summed E-state index contributed by atoms with van der Waals surface area (Å²) in [5, 5.41) is 0.754. The van der Waals surface area contributed by atoms with Gasteiger partial charge in [0.2, 0.25) is 5.43 Å². The summed E-state index contributed by atoms with van der Waals surface area (Å²) in [7, 11) is 0. The maximum absolute atomic E-state index is 12.6. The topological polar surface area (TPSA) is 82.8 Å². The second-order valence-corrected chi connectivity index (χ2v) is 5.40. The van der Waals surface area contributed by atoms with Crippen LogP contribution in [0, 0.1) is 0 Å². The molecule has 1 heterocycles. The smallest absolute Gasteiger partial charge is 0.310 e. The predicted molar refractivity (Wildman–Crippen MR) is 91.8 cm³/mol. The molecule has 0 fully saturated rings. The molecule has 0 amide bonds. The molecule has 3 rings (SSSR count). The first-order valence-electron chi connectivity index (χ1n) is 7.93. The lowest BCUT2D eigenvalue weighted by atomic mass is 10.1. The number of benzene rings is 2. The molecule has 0 radical (unpaired) electrons. The molecule has 25 heavy (non-hydrogen) atoms. The van der Waals surface area contributed by atoms with E-state index in [4.69, 9.17) is 13.9 Å². The number of carbonyl (C=O) groups excluding carboxylic acids is 2. The van der Waals surface area contributed by atoms with Crippen molar-refractivity contribution in [1.82, 2.24) is 0 Å². The number of hydrogen-bond acceptors (Lipinski definition) is 6. The minimum atomic E-state index is -0.378. The van der Waals surface area contributed by atoms with Crippen molar-refractivity contribution in [1.29, 1.82) is 0 Å². The highest BCUT2D eigenvalue weighted by Gasteiger charge is 2.12. The molecular weight excluding hydrogens is 324 g/mol. The van der Waals surface area contributed by atoms with Crippen molar-refractivity contribution in [3.05, 3.63) is 46.6 Å². The van der Waals surface area contributed by atoms with Gasteiger partial charge in [0.1, 0.15) is 22.7 Å². The second kappa shape index (κ2) is 6.76. The summed E-state index contributed by atoms with van der Waals surface area (Å²) in [6.07, 6.45) is 0.484. The Hall–Kier alpha value is -3.15. The van der Waals surface area contributed by atoms with E-state index >= 15 is 0 Å². The second-order valence-electron chi connectivity index (χ2n) is 5.40. The van der Waals surface area contributed by atoms with Crippen LogP contribution in [0.15, 0.2) is 45.6 Å². The fraction of sp³-hybridized carbons (Fsp3) is 0.211. The van der Waals surface area contributed by atoms with Crippen molar-refractivity contribution in [3.63, 3.8) is 0 Å². The molecule has 0 spiro atoms. The number of rotatable bonds is 4. The highest BCUT2D eigenvalue weighted by Crippen LogP contribution is 2.26. The Kier molecular flexibility index (Phi) is 4.52.